The van der Waals surface area contributed by atoms with Gasteiger partial charge >= 0.3 is 0 Å². The van der Waals surface area contributed by atoms with Gasteiger partial charge in [0.2, 0.25) is 0 Å². The first kappa shape index (κ1) is 14.5. The van der Waals surface area contributed by atoms with Gasteiger partial charge in [-0.05, 0) is 70.8 Å². The molecule has 0 aromatic heterocycles. The van der Waals surface area contributed by atoms with Gasteiger partial charge < -0.3 is 5.32 Å². The van der Waals surface area contributed by atoms with Gasteiger partial charge in [-0.25, -0.2) is 0 Å². The van der Waals surface area contributed by atoms with E-state index in [1.54, 1.807) is 0 Å². The number of nitrogens with zero attached hydrogens (tertiary/aromatic N) is 1. The van der Waals surface area contributed by atoms with Crippen LogP contribution >= 0.6 is 0 Å². The number of piperidine rings is 1. The lowest BCUT2D eigenvalue weighted by Crippen LogP contribution is -2.40. The summed E-state index contributed by atoms with van der Waals surface area (Å²) in [7, 11) is 2.08. The molecular weight excluding hydrogens is 232 g/mol. The monoisotopic (exact) mass is 260 g/mol. The van der Waals surface area contributed by atoms with Gasteiger partial charge in [-0.3, -0.25) is 4.90 Å². The number of hydrogen-bond donors (Lipinski definition) is 1. The molecule has 1 aliphatic heterocycles. The normalized spacial score (nSPS) is 19.6. The Morgan fingerprint density at radius 1 is 1.26 bits per heavy atom. The van der Waals surface area contributed by atoms with E-state index in [9.17, 15) is 0 Å². The summed E-state index contributed by atoms with van der Waals surface area (Å²) in [6.07, 6.45) is 2.65. The number of hydrogen-bond acceptors (Lipinski definition) is 2. The van der Waals surface area contributed by atoms with E-state index >= 15 is 0 Å². The van der Waals surface area contributed by atoms with E-state index < -0.39 is 0 Å². The fraction of sp³-hybridized carbons (Fsp3) is 0.647. The minimum atomic E-state index is 0.655. The Bertz CT molecular complexity index is 406. The van der Waals surface area contributed by atoms with E-state index in [1.165, 1.54) is 42.6 Å². The van der Waals surface area contributed by atoms with Crippen molar-refractivity contribution in [1.29, 1.82) is 0 Å². The Morgan fingerprint density at radius 2 is 1.95 bits per heavy atom. The SMILES string of the molecule is CNC(C)C1CCN(Cc2cc(C)ccc2C)CC1. The molecule has 106 valence electrons. The summed E-state index contributed by atoms with van der Waals surface area (Å²) >= 11 is 0. The van der Waals surface area contributed by atoms with E-state index in [4.69, 9.17) is 0 Å². The van der Waals surface area contributed by atoms with Crippen molar-refractivity contribution in [3.63, 3.8) is 0 Å². The predicted molar refractivity (Wildman–Crippen MR) is 82.4 cm³/mol. The highest BCUT2D eigenvalue weighted by atomic mass is 15.1. The summed E-state index contributed by atoms with van der Waals surface area (Å²) in [5, 5.41) is 3.40. The molecule has 1 aromatic carbocycles. The summed E-state index contributed by atoms with van der Waals surface area (Å²) in [6.45, 7) is 10.3. The molecule has 19 heavy (non-hydrogen) atoms. The van der Waals surface area contributed by atoms with Gasteiger partial charge in [0.1, 0.15) is 0 Å². The number of likely N-dealkylation sites (tertiary alicyclic amines) is 1. The van der Waals surface area contributed by atoms with Crippen LogP contribution in [0.4, 0.5) is 0 Å². The van der Waals surface area contributed by atoms with Crippen LogP contribution in [0.3, 0.4) is 0 Å². The number of aryl methyl sites for hydroxylation is 2. The molecule has 0 aliphatic carbocycles. The van der Waals surface area contributed by atoms with Gasteiger partial charge in [-0.1, -0.05) is 23.8 Å². The van der Waals surface area contributed by atoms with Gasteiger partial charge in [0, 0.05) is 12.6 Å². The molecule has 0 saturated carbocycles. The summed E-state index contributed by atoms with van der Waals surface area (Å²) < 4.78 is 0. The second-order valence-electron chi connectivity index (χ2n) is 6.12. The van der Waals surface area contributed by atoms with Crippen LogP contribution in [0.25, 0.3) is 0 Å². The first-order valence-corrected chi connectivity index (χ1v) is 7.56. The van der Waals surface area contributed by atoms with Gasteiger partial charge in [0.05, 0.1) is 0 Å². The fourth-order valence-corrected chi connectivity index (χ4v) is 3.06. The fourth-order valence-electron chi connectivity index (χ4n) is 3.06. The number of nitrogens with one attached hydrogen (secondary N) is 1. The first-order valence-electron chi connectivity index (χ1n) is 7.56. The molecule has 1 atom stereocenters. The maximum absolute atomic E-state index is 3.40. The lowest BCUT2D eigenvalue weighted by molar-refractivity contribution is 0.158. The predicted octanol–water partition coefficient (Wildman–Crippen LogP) is 3.12. The smallest absolute Gasteiger partial charge is 0.0236 e. The van der Waals surface area contributed by atoms with Crippen LogP contribution in [0.5, 0.6) is 0 Å². The largest absolute Gasteiger partial charge is 0.317 e. The molecule has 1 fully saturated rings. The highest BCUT2D eigenvalue weighted by Gasteiger charge is 2.23. The summed E-state index contributed by atoms with van der Waals surface area (Å²) in [6, 6.07) is 7.46. The maximum atomic E-state index is 3.40. The molecular formula is C17H28N2. The molecule has 2 rings (SSSR count). The Labute approximate surface area is 118 Å². The van der Waals surface area contributed by atoms with Crippen LogP contribution in [0, 0.1) is 19.8 Å². The van der Waals surface area contributed by atoms with Crippen LogP contribution in [0.1, 0.15) is 36.5 Å². The van der Waals surface area contributed by atoms with Crippen molar-refractivity contribution in [2.45, 2.75) is 46.2 Å². The number of rotatable bonds is 4. The third-order valence-electron chi connectivity index (χ3n) is 4.69. The molecule has 1 aliphatic rings. The standard InChI is InChI=1S/C17H28N2/c1-13-5-6-14(2)17(11-13)12-19-9-7-16(8-10-19)15(3)18-4/h5-6,11,15-16,18H,7-10,12H2,1-4H3. The topological polar surface area (TPSA) is 15.3 Å². The van der Waals surface area contributed by atoms with Crippen molar-refractivity contribution in [2.75, 3.05) is 20.1 Å². The Morgan fingerprint density at radius 3 is 2.58 bits per heavy atom. The van der Waals surface area contributed by atoms with Gasteiger partial charge in [0.25, 0.3) is 0 Å². The van der Waals surface area contributed by atoms with Gasteiger partial charge in [0.15, 0.2) is 0 Å². The Hall–Kier alpha value is -0.860. The third kappa shape index (κ3) is 3.80. The minimum Gasteiger partial charge on any atom is -0.317 e. The van der Waals surface area contributed by atoms with E-state index in [2.05, 4.69) is 56.2 Å². The zero-order valence-electron chi connectivity index (χ0n) is 12.9. The van der Waals surface area contributed by atoms with Crippen LogP contribution < -0.4 is 5.32 Å². The van der Waals surface area contributed by atoms with E-state index in [0.29, 0.717) is 6.04 Å². The molecule has 0 bridgehead atoms. The molecule has 2 heteroatoms. The molecule has 0 radical (unpaired) electrons. The second kappa shape index (κ2) is 6.53. The molecule has 1 unspecified atom stereocenters. The lowest BCUT2D eigenvalue weighted by Gasteiger charge is -2.35. The van der Waals surface area contributed by atoms with Gasteiger partial charge in [-0.2, -0.15) is 0 Å². The van der Waals surface area contributed by atoms with Crippen LogP contribution in [0.2, 0.25) is 0 Å². The van der Waals surface area contributed by atoms with E-state index in [0.717, 1.165) is 12.5 Å². The molecule has 1 aromatic rings. The maximum Gasteiger partial charge on any atom is 0.0236 e. The van der Waals surface area contributed by atoms with Gasteiger partial charge in [-0.15, -0.1) is 0 Å². The summed E-state index contributed by atoms with van der Waals surface area (Å²) in [5.74, 6) is 0.847. The van der Waals surface area contributed by atoms with Crippen LogP contribution in [-0.4, -0.2) is 31.1 Å². The molecule has 1 N–H and O–H groups in total. The molecule has 2 nitrogen and oxygen atoms in total. The van der Waals surface area contributed by atoms with Crippen molar-refractivity contribution in [2.24, 2.45) is 5.92 Å². The molecule has 0 amide bonds. The lowest BCUT2D eigenvalue weighted by atomic mass is 9.90. The minimum absolute atomic E-state index is 0.655. The van der Waals surface area contributed by atoms with Crippen molar-refractivity contribution in [3.8, 4) is 0 Å². The highest BCUT2D eigenvalue weighted by Crippen LogP contribution is 2.22. The third-order valence-corrected chi connectivity index (χ3v) is 4.69. The van der Waals surface area contributed by atoms with Crippen LogP contribution in [0.15, 0.2) is 18.2 Å². The summed E-state index contributed by atoms with van der Waals surface area (Å²) in [5.41, 5.74) is 4.30. The first-order chi connectivity index (χ1) is 9.10. The highest BCUT2D eigenvalue weighted by molar-refractivity contribution is 5.30. The average molecular weight is 260 g/mol. The Kier molecular flexibility index (Phi) is 5.00. The van der Waals surface area contributed by atoms with Crippen molar-refractivity contribution in [3.05, 3.63) is 34.9 Å². The van der Waals surface area contributed by atoms with Crippen molar-refractivity contribution < 1.29 is 0 Å². The Balaban J connectivity index is 1.90. The second-order valence-corrected chi connectivity index (χ2v) is 6.12. The zero-order chi connectivity index (χ0) is 13.8. The zero-order valence-corrected chi connectivity index (χ0v) is 12.9. The van der Waals surface area contributed by atoms with E-state index in [1.807, 2.05) is 0 Å². The molecule has 1 saturated heterocycles. The van der Waals surface area contributed by atoms with Crippen molar-refractivity contribution in [1.82, 2.24) is 10.2 Å². The van der Waals surface area contributed by atoms with Crippen molar-refractivity contribution >= 4 is 0 Å². The quantitative estimate of drug-likeness (QED) is 0.895. The number of benzene rings is 1. The molecule has 0 spiro atoms. The summed E-state index contributed by atoms with van der Waals surface area (Å²) in [4.78, 5) is 2.61. The van der Waals surface area contributed by atoms with Crippen LogP contribution in [-0.2, 0) is 6.54 Å². The molecule has 1 heterocycles. The average Bonchev–Trinajstić information content (AvgIpc) is 2.43. The van der Waals surface area contributed by atoms with E-state index in [-0.39, 0.29) is 0 Å².